The molecule has 0 aliphatic rings. The molecule has 0 unspecified atom stereocenters. The number of hydrogen-bond acceptors (Lipinski definition) is 4. The number of amides is 1. The fourth-order valence-electron chi connectivity index (χ4n) is 1.08. The number of benzene rings is 1. The topological polar surface area (TPSA) is 104 Å². The van der Waals surface area contributed by atoms with E-state index in [1.165, 1.54) is 18.2 Å². The minimum absolute atomic E-state index is 0.0991. The van der Waals surface area contributed by atoms with Crippen molar-refractivity contribution in [3.05, 3.63) is 35.9 Å². The molecule has 6 nitrogen and oxygen atoms in total. The van der Waals surface area contributed by atoms with Gasteiger partial charge in [-0.25, -0.2) is 4.79 Å². The molecular formula is C11H9NO5. The van der Waals surface area contributed by atoms with E-state index in [-0.39, 0.29) is 17.0 Å². The Morgan fingerprint density at radius 2 is 1.94 bits per heavy atom. The largest absolute Gasteiger partial charge is 0.508 e. The van der Waals surface area contributed by atoms with Crippen molar-refractivity contribution in [1.29, 1.82) is 0 Å². The lowest BCUT2D eigenvalue weighted by atomic mass is 10.2. The summed E-state index contributed by atoms with van der Waals surface area (Å²) in [6.45, 7) is 0. The molecule has 0 saturated heterocycles. The Hall–Kier alpha value is -2.63. The minimum Gasteiger partial charge on any atom is -0.508 e. The first kappa shape index (κ1) is 12.4. The second-order valence-electron chi connectivity index (χ2n) is 3.05. The number of nitrogens with one attached hydrogen (secondary N) is 1. The predicted octanol–water partition coefficient (Wildman–Crippen LogP) is 0.784. The lowest BCUT2D eigenvalue weighted by Gasteiger charge is -2.05. The fourth-order valence-corrected chi connectivity index (χ4v) is 1.08. The minimum atomic E-state index is -1.25. The molecule has 1 rings (SSSR count). The van der Waals surface area contributed by atoms with Crippen molar-refractivity contribution in [2.75, 3.05) is 5.32 Å². The van der Waals surface area contributed by atoms with E-state index in [1.54, 1.807) is 0 Å². The first-order valence-electron chi connectivity index (χ1n) is 4.53. The zero-order chi connectivity index (χ0) is 12.8. The average molecular weight is 235 g/mol. The molecule has 0 atom stereocenters. The fraction of sp³-hybridized carbons (Fsp3) is 0. The summed E-state index contributed by atoms with van der Waals surface area (Å²) in [6, 6.07) is 3.82. The molecule has 1 aromatic rings. The van der Waals surface area contributed by atoms with Gasteiger partial charge in [-0.3, -0.25) is 9.59 Å². The van der Waals surface area contributed by atoms with Crippen LogP contribution >= 0.6 is 0 Å². The van der Waals surface area contributed by atoms with Gasteiger partial charge in [0.1, 0.15) is 5.75 Å². The highest BCUT2D eigenvalue weighted by molar-refractivity contribution is 6.04. The summed E-state index contributed by atoms with van der Waals surface area (Å²) < 4.78 is 0. The van der Waals surface area contributed by atoms with Gasteiger partial charge in [0.2, 0.25) is 5.91 Å². The quantitative estimate of drug-likeness (QED) is 0.406. The van der Waals surface area contributed by atoms with Gasteiger partial charge in [-0.05, 0) is 18.2 Å². The molecule has 0 aliphatic carbocycles. The number of aliphatic carboxylic acids is 1. The summed E-state index contributed by atoms with van der Waals surface area (Å²) in [7, 11) is 0. The van der Waals surface area contributed by atoms with Crippen molar-refractivity contribution in [3.8, 4) is 5.75 Å². The van der Waals surface area contributed by atoms with Crippen molar-refractivity contribution in [2.24, 2.45) is 0 Å². The van der Waals surface area contributed by atoms with Crippen molar-refractivity contribution in [1.82, 2.24) is 0 Å². The van der Waals surface area contributed by atoms with Gasteiger partial charge in [0.05, 0.1) is 5.69 Å². The average Bonchev–Trinajstić information content (AvgIpc) is 2.28. The number of hydrogen-bond donors (Lipinski definition) is 3. The molecule has 17 heavy (non-hydrogen) atoms. The number of aldehydes is 1. The van der Waals surface area contributed by atoms with Crippen LogP contribution < -0.4 is 5.32 Å². The van der Waals surface area contributed by atoms with Crippen LogP contribution in [0.1, 0.15) is 10.4 Å². The predicted molar refractivity (Wildman–Crippen MR) is 58.9 cm³/mol. The Kier molecular flexibility index (Phi) is 3.99. The Bertz CT molecular complexity index is 493. The number of carbonyl (C=O) groups is 3. The smallest absolute Gasteiger partial charge is 0.328 e. The number of carboxylic acid groups (broad SMARTS) is 1. The lowest BCUT2D eigenvalue weighted by molar-refractivity contribution is -0.131. The Morgan fingerprint density at radius 1 is 1.24 bits per heavy atom. The molecule has 0 bridgehead atoms. The van der Waals surface area contributed by atoms with Crippen LogP contribution in [0.25, 0.3) is 0 Å². The maximum absolute atomic E-state index is 11.2. The summed E-state index contributed by atoms with van der Waals surface area (Å²) in [5.74, 6) is -2.03. The van der Waals surface area contributed by atoms with Gasteiger partial charge in [-0.15, -0.1) is 0 Å². The molecule has 0 radical (unpaired) electrons. The van der Waals surface area contributed by atoms with Crippen LogP contribution in [-0.4, -0.2) is 28.4 Å². The number of carbonyl (C=O) groups excluding carboxylic acids is 2. The molecule has 88 valence electrons. The van der Waals surface area contributed by atoms with Crippen LogP contribution in [0.15, 0.2) is 30.4 Å². The van der Waals surface area contributed by atoms with Crippen LogP contribution in [0.3, 0.4) is 0 Å². The molecule has 0 aliphatic heterocycles. The Morgan fingerprint density at radius 3 is 2.53 bits per heavy atom. The van der Waals surface area contributed by atoms with Crippen LogP contribution in [0, 0.1) is 0 Å². The third kappa shape index (κ3) is 3.78. The SMILES string of the molecule is O=Cc1cc(O)ccc1NC(=O)/C=C/C(=O)O. The Balaban J connectivity index is 2.85. The van der Waals surface area contributed by atoms with Crippen molar-refractivity contribution < 1.29 is 24.6 Å². The molecule has 1 aromatic carbocycles. The zero-order valence-corrected chi connectivity index (χ0v) is 8.58. The summed E-state index contributed by atoms with van der Waals surface area (Å²) in [6.07, 6.45) is 1.97. The van der Waals surface area contributed by atoms with Crippen molar-refractivity contribution >= 4 is 23.9 Å². The van der Waals surface area contributed by atoms with E-state index in [0.29, 0.717) is 12.4 Å². The molecule has 0 heterocycles. The molecule has 1 amide bonds. The van der Waals surface area contributed by atoms with E-state index < -0.39 is 11.9 Å². The van der Waals surface area contributed by atoms with Gasteiger partial charge >= 0.3 is 5.97 Å². The van der Waals surface area contributed by atoms with Crippen LogP contribution in [-0.2, 0) is 9.59 Å². The standard InChI is InChI=1S/C11H9NO5/c13-6-7-5-8(14)1-2-9(7)12-10(15)3-4-11(16)17/h1-6,14H,(H,12,15)(H,16,17)/b4-3+. The zero-order valence-electron chi connectivity index (χ0n) is 8.58. The second kappa shape index (κ2) is 5.45. The van der Waals surface area contributed by atoms with Gasteiger partial charge in [0, 0.05) is 17.7 Å². The maximum Gasteiger partial charge on any atom is 0.328 e. The van der Waals surface area contributed by atoms with Crippen LogP contribution in [0.5, 0.6) is 5.75 Å². The number of aromatic hydroxyl groups is 1. The number of phenolic OH excluding ortho intramolecular Hbond substituents is 1. The number of anilines is 1. The van der Waals surface area contributed by atoms with E-state index in [4.69, 9.17) is 10.2 Å². The number of phenols is 1. The number of carboxylic acids is 1. The van der Waals surface area contributed by atoms with Gasteiger partial charge < -0.3 is 15.5 Å². The summed E-state index contributed by atoms with van der Waals surface area (Å²) in [5.41, 5.74) is 0.292. The third-order valence-corrected chi connectivity index (χ3v) is 1.80. The second-order valence-corrected chi connectivity index (χ2v) is 3.05. The first-order valence-corrected chi connectivity index (χ1v) is 4.53. The summed E-state index contributed by atoms with van der Waals surface area (Å²) in [4.78, 5) is 32.1. The lowest BCUT2D eigenvalue weighted by Crippen LogP contribution is -2.10. The molecule has 0 aromatic heterocycles. The maximum atomic E-state index is 11.2. The summed E-state index contributed by atoms with van der Waals surface area (Å²) in [5, 5.41) is 19.7. The summed E-state index contributed by atoms with van der Waals surface area (Å²) >= 11 is 0. The van der Waals surface area contributed by atoms with Crippen LogP contribution in [0.2, 0.25) is 0 Å². The normalized spacial score (nSPS) is 10.1. The van der Waals surface area contributed by atoms with Crippen molar-refractivity contribution in [3.63, 3.8) is 0 Å². The molecule has 0 fully saturated rings. The van der Waals surface area contributed by atoms with Gasteiger partial charge in [-0.1, -0.05) is 0 Å². The highest BCUT2D eigenvalue weighted by Gasteiger charge is 2.05. The molecule has 0 spiro atoms. The van der Waals surface area contributed by atoms with Gasteiger partial charge in [0.25, 0.3) is 0 Å². The van der Waals surface area contributed by atoms with E-state index in [9.17, 15) is 14.4 Å². The first-order chi connectivity index (χ1) is 8.02. The Labute approximate surface area is 96.2 Å². The highest BCUT2D eigenvalue weighted by Crippen LogP contribution is 2.19. The van der Waals surface area contributed by atoms with E-state index >= 15 is 0 Å². The van der Waals surface area contributed by atoms with E-state index in [0.717, 1.165) is 6.08 Å². The third-order valence-electron chi connectivity index (χ3n) is 1.80. The highest BCUT2D eigenvalue weighted by atomic mass is 16.4. The van der Waals surface area contributed by atoms with Crippen molar-refractivity contribution in [2.45, 2.75) is 0 Å². The molecular weight excluding hydrogens is 226 g/mol. The molecule has 3 N–H and O–H groups in total. The van der Waals surface area contributed by atoms with Crippen LogP contribution in [0.4, 0.5) is 5.69 Å². The number of rotatable bonds is 4. The van der Waals surface area contributed by atoms with Gasteiger partial charge in [0.15, 0.2) is 6.29 Å². The molecule has 6 heteroatoms. The monoisotopic (exact) mass is 235 g/mol. The van der Waals surface area contributed by atoms with E-state index in [2.05, 4.69) is 5.32 Å². The molecule has 0 saturated carbocycles. The van der Waals surface area contributed by atoms with Gasteiger partial charge in [-0.2, -0.15) is 0 Å². The van der Waals surface area contributed by atoms with E-state index in [1.807, 2.05) is 0 Å².